The summed E-state index contributed by atoms with van der Waals surface area (Å²) in [4.78, 5) is 22.8. The molecule has 0 radical (unpaired) electrons. The highest BCUT2D eigenvalue weighted by atomic mass is 16.5. The lowest BCUT2D eigenvalue weighted by Crippen LogP contribution is -2.03. The minimum Gasteiger partial charge on any atom is -0.507 e. The fourth-order valence-electron chi connectivity index (χ4n) is 3.52. The fourth-order valence-corrected chi connectivity index (χ4v) is 3.52. The number of carbonyl (C=O) groups is 2. The van der Waals surface area contributed by atoms with Crippen LogP contribution in [-0.4, -0.2) is 22.0 Å². The number of ether oxygens (including phenoxy) is 1. The first kappa shape index (κ1) is 22.1. The lowest BCUT2D eigenvalue weighted by atomic mass is 9.96. The first-order valence-electron chi connectivity index (χ1n) is 10.2. The van der Waals surface area contributed by atoms with Crippen LogP contribution in [-0.2, 0) is 13.0 Å². The van der Waals surface area contributed by atoms with Gasteiger partial charge in [0, 0.05) is 5.56 Å². The normalized spacial score (nSPS) is 10.8. The van der Waals surface area contributed by atoms with E-state index >= 15 is 0 Å². The molecule has 5 nitrogen and oxygen atoms in total. The number of carboxylic acid groups (broad SMARTS) is 1. The van der Waals surface area contributed by atoms with Crippen molar-refractivity contribution < 1.29 is 24.5 Å². The zero-order valence-electron chi connectivity index (χ0n) is 17.9. The van der Waals surface area contributed by atoms with Crippen LogP contribution in [0.15, 0.2) is 60.7 Å². The molecule has 0 unspecified atom stereocenters. The number of carboxylic acids is 1. The Balaban J connectivity index is 1.71. The van der Waals surface area contributed by atoms with E-state index < -0.39 is 5.97 Å². The molecule has 3 aromatic carbocycles. The highest BCUT2D eigenvalue weighted by molar-refractivity contribution is 5.97. The van der Waals surface area contributed by atoms with Crippen LogP contribution in [0, 0.1) is 0 Å². The third-order valence-electron chi connectivity index (χ3n) is 5.13. The Kier molecular flexibility index (Phi) is 6.75. The van der Waals surface area contributed by atoms with E-state index in [9.17, 15) is 14.7 Å². The van der Waals surface area contributed by atoms with Crippen molar-refractivity contribution >= 4 is 11.8 Å². The monoisotopic (exact) mass is 418 g/mol. The number of ketones is 1. The van der Waals surface area contributed by atoms with E-state index in [0.717, 1.165) is 16.7 Å². The van der Waals surface area contributed by atoms with Gasteiger partial charge in [-0.2, -0.15) is 0 Å². The first-order chi connectivity index (χ1) is 14.8. The summed E-state index contributed by atoms with van der Waals surface area (Å²) in [6, 6.07) is 18.2. The highest BCUT2D eigenvalue weighted by Crippen LogP contribution is 2.37. The summed E-state index contributed by atoms with van der Waals surface area (Å²) < 4.78 is 5.96. The number of benzene rings is 3. The van der Waals surface area contributed by atoms with Gasteiger partial charge in [0.2, 0.25) is 0 Å². The molecule has 0 aromatic heterocycles. The smallest absolute Gasteiger partial charge is 0.335 e. The molecule has 2 N–H and O–H groups in total. The van der Waals surface area contributed by atoms with Gasteiger partial charge in [-0.05, 0) is 60.2 Å². The minimum absolute atomic E-state index is 0.00163. The Morgan fingerprint density at radius 2 is 1.61 bits per heavy atom. The predicted molar refractivity (Wildman–Crippen MR) is 119 cm³/mol. The summed E-state index contributed by atoms with van der Waals surface area (Å²) in [5.41, 5.74) is 4.18. The summed E-state index contributed by atoms with van der Waals surface area (Å²) in [6.45, 7) is 5.65. The maximum Gasteiger partial charge on any atom is 0.335 e. The zero-order valence-corrected chi connectivity index (χ0v) is 17.9. The van der Waals surface area contributed by atoms with Gasteiger partial charge in [0.25, 0.3) is 0 Å². The fraction of sp³-hybridized carbons (Fsp3) is 0.231. The van der Waals surface area contributed by atoms with Crippen LogP contribution in [0.1, 0.15) is 69.7 Å². The van der Waals surface area contributed by atoms with Gasteiger partial charge >= 0.3 is 5.97 Å². The molecule has 3 aromatic rings. The van der Waals surface area contributed by atoms with Crippen LogP contribution in [0.3, 0.4) is 0 Å². The summed E-state index contributed by atoms with van der Waals surface area (Å²) in [5, 5.41) is 19.6. The number of aromatic carboxylic acids is 1. The van der Waals surface area contributed by atoms with Crippen molar-refractivity contribution in [2.24, 2.45) is 0 Å². The molecule has 5 heteroatoms. The van der Waals surface area contributed by atoms with E-state index in [1.165, 1.54) is 6.92 Å². The van der Waals surface area contributed by atoms with Crippen LogP contribution >= 0.6 is 0 Å². The van der Waals surface area contributed by atoms with Crippen LogP contribution in [0.25, 0.3) is 0 Å². The molecule has 0 aliphatic carbocycles. The van der Waals surface area contributed by atoms with Crippen molar-refractivity contribution in [2.45, 2.75) is 39.7 Å². The number of carbonyl (C=O) groups excluding carboxylic acids is 1. The third-order valence-corrected chi connectivity index (χ3v) is 5.13. The summed E-state index contributed by atoms with van der Waals surface area (Å²) in [6.07, 6.45) is 0.639. The average molecular weight is 418 g/mol. The Morgan fingerprint density at radius 3 is 2.23 bits per heavy atom. The Labute approximate surface area is 181 Å². The molecule has 31 heavy (non-hydrogen) atoms. The molecular formula is C26H26O5. The molecule has 0 saturated carbocycles. The second-order valence-corrected chi connectivity index (χ2v) is 7.87. The first-order valence-corrected chi connectivity index (χ1v) is 10.2. The van der Waals surface area contributed by atoms with E-state index in [1.807, 2.05) is 44.2 Å². The Morgan fingerprint density at radius 1 is 0.935 bits per heavy atom. The molecule has 0 atom stereocenters. The van der Waals surface area contributed by atoms with Gasteiger partial charge in [-0.3, -0.25) is 4.79 Å². The maximum atomic E-state index is 11.7. The number of Topliss-reactive ketones (excluding diaryl/α,β-unsaturated/α-hetero) is 1. The number of hydrogen-bond donors (Lipinski definition) is 2. The van der Waals surface area contributed by atoms with Gasteiger partial charge in [-0.25, -0.2) is 4.79 Å². The third kappa shape index (κ3) is 5.31. The van der Waals surface area contributed by atoms with Gasteiger partial charge < -0.3 is 14.9 Å². The molecule has 160 valence electrons. The molecule has 0 aliphatic heterocycles. The number of rotatable bonds is 8. The Bertz CT molecular complexity index is 1100. The van der Waals surface area contributed by atoms with E-state index in [2.05, 4.69) is 0 Å². The second kappa shape index (κ2) is 9.47. The van der Waals surface area contributed by atoms with Crippen molar-refractivity contribution in [1.29, 1.82) is 0 Å². The van der Waals surface area contributed by atoms with Gasteiger partial charge in [0.05, 0.1) is 11.1 Å². The summed E-state index contributed by atoms with van der Waals surface area (Å²) >= 11 is 0. The Hall–Kier alpha value is -3.60. The number of aromatic hydroxyl groups is 1. The number of hydrogen-bond acceptors (Lipinski definition) is 4. The van der Waals surface area contributed by atoms with Crippen molar-refractivity contribution in [2.75, 3.05) is 0 Å². The van der Waals surface area contributed by atoms with Crippen LogP contribution in [0.5, 0.6) is 11.5 Å². The van der Waals surface area contributed by atoms with Crippen LogP contribution < -0.4 is 4.74 Å². The van der Waals surface area contributed by atoms with E-state index in [1.54, 1.807) is 30.3 Å². The standard InChI is InChI=1S/C26H26O5/c1-16(2)24-23(12-11-22(17(3)27)25(24)28)31-15-19-9-7-18(8-10-19)13-20-5-4-6-21(14-20)26(29)30/h4-12,14,16,28H,13,15H2,1-3H3,(H,29,30). The van der Waals surface area contributed by atoms with Gasteiger partial charge in [-0.15, -0.1) is 0 Å². The van der Waals surface area contributed by atoms with Crippen molar-refractivity contribution in [3.63, 3.8) is 0 Å². The van der Waals surface area contributed by atoms with E-state index in [-0.39, 0.29) is 23.0 Å². The summed E-state index contributed by atoms with van der Waals surface area (Å²) in [7, 11) is 0. The van der Waals surface area contributed by atoms with Crippen molar-refractivity contribution in [1.82, 2.24) is 0 Å². The largest absolute Gasteiger partial charge is 0.507 e. The van der Waals surface area contributed by atoms with Gasteiger partial charge in [-0.1, -0.05) is 50.2 Å². The van der Waals surface area contributed by atoms with Gasteiger partial charge in [0.1, 0.15) is 18.1 Å². The lowest BCUT2D eigenvalue weighted by Gasteiger charge is -2.17. The molecule has 0 saturated heterocycles. The zero-order chi connectivity index (χ0) is 22.5. The molecule has 0 spiro atoms. The number of phenolic OH excluding ortho intramolecular Hbond substituents is 1. The average Bonchev–Trinajstić information content (AvgIpc) is 2.73. The van der Waals surface area contributed by atoms with E-state index in [0.29, 0.717) is 29.9 Å². The van der Waals surface area contributed by atoms with Crippen molar-refractivity contribution in [3.8, 4) is 11.5 Å². The topological polar surface area (TPSA) is 83.8 Å². The van der Waals surface area contributed by atoms with Crippen LogP contribution in [0.4, 0.5) is 0 Å². The SMILES string of the molecule is CC(=O)c1ccc(OCc2ccc(Cc3cccc(C(=O)O)c3)cc2)c(C(C)C)c1O. The van der Waals surface area contributed by atoms with Gasteiger partial charge in [0.15, 0.2) is 5.78 Å². The second-order valence-electron chi connectivity index (χ2n) is 7.87. The van der Waals surface area contributed by atoms with Crippen LogP contribution in [0.2, 0.25) is 0 Å². The molecule has 0 fully saturated rings. The minimum atomic E-state index is -0.933. The molecule has 0 amide bonds. The molecule has 0 bridgehead atoms. The molecular weight excluding hydrogens is 392 g/mol. The summed E-state index contributed by atoms with van der Waals surface area (Å²) in [5.74, 6) is -0.572. The highest BCUT2D eigenvalue weighted by Gasteiger charge is 2.19. The molecule has 0 aliphatic rings. The molecule has 3 rings (SSSR count). The van der Waals surface area contributed by atoms with E-state index in [4.69, 9.17) is 9.84 Å². The molecule has 0 heterocycles. The quantitative estimate of drug-likeness (QED) is 0.466. The number of phenols is 1. The maximum absolute atomic E-state index is 11.7. The van der Waals surface area contributed by atoms with Crippen molar-refractivity contribution in [3.05, 3.63) is 94.0 Å². The lowest BCUT2D eigenvalue weighted by molar-refractivity contribution is 0.0696. The predicted octanol–water partition coefficient (Wildman–Crippen LogP) is 5.59.